The Kier molecular flexibility index (Phi) is 4.47. The highest BCUT2D eigenvalue weighted by Gasteiger charge is 2.38. The van der Waals surface area contributed by atoms with E-state index in [9.17, 15) is 13.2 Å². The van der Waals surface area contributed by atoms with E-state index in [1.165, 1.54) is 6.20 Å². The van der Waals surface area contributed by atoms with Gasteiger partial charge in [-0.3, -0.25) is 0 Å². The lowest BCUT2D eigenvalue weighted by Crippen LogP contribution is -2.33. The molecule has 5 nitrogen and oxygen atoms in total. The number of aliphatic hydroxyl groups is 1. The second-order valence-corrected chi connectivity index (χ2v) is 4.02. The zero-order chi connectivity index (χ0) is 13.1. The molecular weight excluding hydrogens is 237 g/mol. The molecule has 0 fully saturated rings. The van der Waals surface area contributed by atoms with Crippen LogP contribution in [0.15, 0.2) is 6.20 Å². The predicted octanol–water partition coefficient (Wildman–Crippen LogP) is 0.699. The van der Waals surface area contributed by atoms with E-state index in [4.69, 9.17) is 5.11 Å². The molecule has 1 aromatic rings. The van der Waals surface area contributed by atoms with Gasteiger partial charge < -0.3 is 10.4 Å². The minimum absolute atomic E-state index is 0.251. The van der Waals surface area contributed by atoms with Crippen molar-refractivity contribution < 1.29 is 18.3 Å². The number of aliphatic hydroxyl groups excluding tert-OH is 1. The van der Waals surface area contributed by atoms with Crippen molar-refractivity contribution in [3.8, 4) is 0 Å². The average molecular weight is 252 g/mol. The molecular formula is C9H15F3N4O. The van der Waals surface area contributed by atoms with Crippen LogP contribution in [0.2, 0.25) is 0 Å². The van der Waals surface area contributed by atoms with E-state index in [2.05, 4.69) is 15.6 Å². The topological polar surface area (TPSA) is 63.0 Å². The van der Waals surface area contributed by atoms with Gasteiger partial charge in [-0.15, -0.1) is 5.10 Å². The molecule has 1 unspecified atom stereocenters. The van der Waals surface area contributed by atoms with Gasteiger partial charge in [0, 0.05) is 18.8 Å². The van der Waals surface area contributed by atoms with Crippen LogP contribution in [0.3, 0.4) is 0 Å². The van der Waals surface area contributed by atoms with Gasteiger partial charge in [-0.2, -0.15) is 13.2 Å². The normalized spacial score (nSPS) is 14.3. The number of hydrogen-bond donors (Lipinski definition) is 2. The summed E-state index contributed by atoms with van der Waals surface area (Å²) in [4.78, 5) is 0. The van der Waals surface area contributed by atoms with Crippen molar-refractivity contribution in [2.24, 2.45) is 0 Å². The first-order valence-corrected chi connectivity index (χ1v) is 5.16. The van der Waals surface area contributed by atoms with Gasteiger partial charge in [0.1, 0.15) is 0 Å². The fourth-order valence-electron chi connectivity index (χ4n) is 1.10. The third kappa shape index (κ3) is 4.70. The van der Waals surface area contributed by atoms with Gasteiger partial charge in [-0.05, 0) is 0 Å². The summed E-state index contributed by atoms with van der Waals surface area (Å²) < 4.78 is 37.2. The average Bonchev–Trinajstić information content (AvgIpc) is 2.61. The van der Waals surface area contributed by atoms with E-state index in [1.807, 2.05) is 13.8 Å². The maximum absolute atomic E-state index is 12.1. The molecule has 0 saturated carbocycles. The molecule has 0 amide bonds. The number of hydrogen-bond acceptors (Lipinski definition) is 4. The lowest BCUT2D eigenvalue weighted by molar-refractivity contribution is -0.208. The summed E-state index contributed by atoms with van der Waals surface area (Å²) in [6, 6.07) is 0.251. The van der Waals surface area contributed by atoms with Gasteiger partial charge in [0.05, 0.1) is 12.2 Å². The standard InChI is InChI=1S/C9H15F3N4O/c1-6(2)13-3-7-4-16(15-14-7)5-8(17)9(10,11)12/h4,6,8,13,17H,3,5H2,1-2H3. The first kappa shape index (κ1) is 13.9. The molecule has 0 spiro atoms. The summed E-state index contributed by atoms with van der Waals surface area (Å²) in [5.41, 5.74) is 0.535. The van der Waals surface area contributed by atoms with Gasteiger partial charge in [0.2, 0.25) is 0 Å². The van der Waals surface area contributed by atoms with Crippen LogP contribution in [-0.2, 0) is 13.1 Å². The molecule has 0 bridgehead atoms. The van der Waals surface area contributed by atoms with Crippen LogP contribution in [0.25, 0.3) is 0 Å². The Morgan fingerprint density at radius 1 is 1.47 bits per heavy atom. The molecule has 0 saturated heterocycles. The highest BCUT2D eigenvalue weighted by atomic mass is 19.4. The molecule has 0 aliphatic rings. The molecule has 1 atom stereocenters. The Morgan fingerprint density at radius 3 is 2.65 bits per heavy atom. The Bertz CT molecular complexity index is 350. The van der Waals surface area contributed by atoms with Crippen molar-refractivity contribution in [3.63, 3.8) is 0 Å². The van der Waals surface area contributed by atoms with Crippen LogP contribution in [0.4, 0.5) is 13.2 Å². The minimum Gasteiger partial charge on any atom is -0.382 e. The van der Waals surface area contributed by atoms with Crippen LogP contribution < -0.4 is 5.32 Å². The maximum atomic E-state index is 12.1. The van der Waals surface area contributed by atoms with E-state index in [0.29, 0.717) is 12.2 Å². The summed E-state index contributed by atoms with van der Waals surface area (Å²) in [7, 11) is 0. The number of aromatic nitrogens is 3. The molecule has 1 heterocycles. The van der Waals surface area contributed by atoms with Crippen molar-refractivity contribution in [2.45, 2.75) is 45.3 Å². The molecule has 17 heavy (non-hydrogen) atoms. The van der Waals surface area contributed by atoms with E-state index in [1.54, 1.807) is 0 Å². The van der Waals surface area contributed by atoms with Crippen molar-refractivity contribution in [2.75, 3.05) is 0 Å². The number of rotatable bonds is 5. The first-order valence-electron chi connectivity index (χ1n) is 5.16. The summed E-state index contributed by atoms with van der Waals surface area (Å²) in [5, 5.41) is 19.1. The van der Waals surface area contributed by atoms with E-state index in [0.717, 1.165) is 4.68 Å². The van der Waals surface area contributed by atoms with Gasteiger partial charge in [0.15, 0.2) is 6.10 Å². The van der Waals surface area contributed by atoms with Gasteiger partial charge in [-0.1, -0.05) is 19.1 Å². The highest BCUT2D eigenvalue weighted by molar-refractivity contribution is 4.92. The molecule has 8 heteroatoms. The lowest BCUT2D eigenvalue weighted by Gasteiger charge is -2.13. The zero-order valence-electron chi connectivity index (χ0n) is 9.57. The molecule has 0 aromatic carbocycles. The lowest BCUT2D eigenvalue weighted by atomic mass is 10.3. The van der Waals surface area contributed by atoms with Crippen LogP contribution in [0, 0.1) is 0 Å². The zero-order valence-corrected chi connectivity index (χ0v) is 9.57. The number of nitrogens with zero attached hydrogens (tertiary/aromatic N) is 3. The smallest absolute Gasteiger partial charge is 0.382 e. The molecule has 0 aliphatic carbocycles. The molecule has 2 N–H and O–H groups in total. The Labute approximate surface area is 96.6 Å². The SMILES string of the molecule is CC(C)NCc1cn(CC(O)C(F)(F)F)nn1. The van der Waals surface area contributed by atoms with E-state index in [-0.39, 0.29) is 6.04 Å². The Balaban J connectivity index is 2.51. The van der Waals surface area contributed by atoms with E-state index >= 15 is 0 Å². The summed E-state index contributed by atoms with van der Waals surface area (Å²) in [6.07, 6.45) is -5.68. The van der Waals surface area contributed by atoms with Crippen LogP contribution in [0.5, 0.6) is 0 Å². The predicted molar refractivity (Wildman–Crippen MR) is 54.1 cm³/mol. The molecule has 98 valence electrons. The molecule has 1 aromatic heterocycles. The highest BCUT2D eigenvalue weighted by Crippen LogP contribution is 2.20. The monoisotopic (exact) mass is 252 g/mol. The van der Waals surface area contributed by atoms with Crippen LogP contribution >= 0.6 is 0 Å². The third-order valence-corrected chi connectivity index (χ3v) is 2.02. The van der Waals surface area contributed by atoms with Crippen molar-refractivity contribution in [1.82, 2.24) is 20.3 Å². The fourth-order valence-corrected chi connectivity index (χ4v) is 1.10. The summed E-state index contributed by atoms with van der Waals surface area (Å²) in [6.45, 7) is 3.67. The fraction of sp³-hybridized carbons (Fsp3) is 0.778. The number of halogens is 3. The van der Waals surface area contributed by atoms with Crippen molar-refractivity contribution in [1.29, 1.82) is 0 Å². The van der Waals surface area contributed by atoms with Gasteiger partial charge in [0.25, 0.3) is 0 Å². The second-order valence-electron chi connectivity index (χ2n) is 4.02. The Hall–Kier alpha value is -1.15. The minimum atomic E-state index is -4.64. The summed E-state index contributed by atoms with van der Waals surface area (Å²) in [5.74, 6) is 0. The van der Waals surface area contributed by atoms with Crippen LogP contribution in [-0.4, -0.2) is 38.4 Å². The van der Waals surface area contributed by atoms with Crippen molar-refractivity contribution >= 4 is 0 Å². The quantitative estimate of drug-likeness (QED) is 0.809. The third-order valence-electron chi connectivity index (χ3n) is 2.02. The second kappa shape index (κ2) is 5.46. The van der Waals surface area contributed by atoms with Gasteiger partial charge in [-0.25, -0.2) is 4.68 Å². The molecule has 0 radical (unpaired) electrons. The maximum Gasteiger partial charge on any atom is 0.416 e. The first-order chi connectivity index (χ1) is 7.79. The van der Waals surface area contributed by atoms with Gasteiger partial charge >= 0.3 is 6.18 Å². The Morgan fingerprint density at radius 2 is 2.12 bits per heavy atom. The molecule has 0 aliphatic heterocycles. The summed E-state index contributed by atoms with van der Waals surface area (Å²) >= 11 is 0. The van der Waals surface area contributed by atoms with Crippen LogP contribution in [0.1, 0.15) is 19.5 Å². The largest absolute Gasteiger partial charge is 0.416 e. The number of alkyl halides is 3. The van der Waals surface area contributed by atoms with E-state index < -0.39 is 18.8 Å². The van der Waals surface area contributed by atoms with Crippen molar-refractivity contribution in [3.05, 3.63) is 11.9 Å². The number of nitrogens with one attached hydrogen (secondary N) is 1. The molecule has 1 rings (SSSR count).